The molecule has 0 aliphatic heterocycles. The van der Waals surface area contributed by atoms with Gasteiger partial charge in [0.05, 0.1) is 22.5 Å². The molecule has 0 saturated carbocycles. The summed E-state index contributed by atoms with van der Waals surface area (Å²) >= 11 is 5.80. The van der Waals surface area contributed by atoms with Crippen LogP contribution in [0.5, 0.6) is 5.75 Å². The fraction of sp³-hybridized carbons (Fsp3) is 0.167. The van der Waals surface area contributed by atoms with E-state index in [1.165, 1.54) is 31.2 Å². The van der Waals surface area contributed by atoms with E-state index in [4.69, 9.17) is 16.0 Å². The number of rotatable bonds is 6. The molecule has 9 nitrogen and oxygen atoms in total. The summed E-state index contributed by atoms with van der Waals surface area (Å²) in [7, 11) is -6.30. The van der Waals surface area contributed by atoms with E-state index in [0.29, 0.717) is 11.1 Å². The van der Waals surface area contributed by atoms with Crippen molar-refractivity contribution in [1.82, 2.24) is 0 Å². The molecular weight excluding hydrogens is 483 g/mol. The number of nitro groups is 1. The lowest BCUT2D eigenvalue weighted by Crippen LogP contribution is -2.28. The Labute approximate surface area is 182 Å². The minimum absolute atomic E-state index is 0.167. The number of alkyl halides is 3. The highest BCUT2D eigenvalue weighted by molar-refractivity contribution is 7.88. The second kappa shape index (κ2) is 7.98. The Balaban J connectivity index is 2.44. The third-order valence-corrected chi connectivity index (χ3v) is 5.55. The molecule has 1 heterocycles. The number of carbonyl (C=O) groups is 1. The number of hydrogen-bond acceptors (Lipinski definition) is 8. The van der Waals surface area contributed by atoms with Crippen LogP contribution in [-0.2, 0) is 16.5 Å². The van der Waals surface area contributed by atoms with Gasteiger partial charge < -0.3 is 18.5 Å². The minimum Gasteiger partial charge on any atom is -0.545 e. The molecule has 170 valence electrons. The average molecular weight is 493 g/mol. The van der Waals surface area contributed by atoms with E-state index in [2.05, 4.69) is 4.18 Å². The van der Waals surface area contributed by atoms with Gasteiger partial charge >= 0.3 is 21.3 Å². The van der Waals surface area contributed by atoms with Gasteiger partial charge in [-0.25, -0.2) is 0 Å². The van der Waals surface area contributed by atoms with Crippen LogP contribution in [0, 0.1) is 10.1 Å². The Morgan fingerprint density at radius 2 is 1.84 bits per heavy atom. The molecule has 32 heavy (non-hydrogen) atoms. The molecule has 0 unspecified atom stereocenters. The highest BCUT2D eigenvalue weighted by Gasteiger charge is 2.50. The topological polar surface area (TPSA) is 140 Å². The molecule has 0 bridgehead atoms. The zero-order valence-electron chi connectivity index (χ0n) is 15.7. The minimum atomic E-state index is -6.30. The van der Waals surface area contributed by atoms with Crippen molar-refractivity contribution < 1.29 is 45.0 Å². The largest absolute Gasteiger partial charge is 0.545 e. The molecule has 0 N–H and O–H groups in total. The van der Waals surface area contributed by atoms with E-state index in [1.54, 1.807) is 0 Å². The molecule has 0 spiro atoms. The fourth-order valence-corrected chi connectivity index (χ4v) is 3.66. The van der Waals surface area contributed by atoms with Gasteiger partial charge in [0.1, 0.15) is 11.3 Å². The number of furan rings is 1. The maximum atomic E-state index is 12.9. The number of carbonyl (C=O) groups excluding carboxylic acids is 1. The van der Waals surface area contributed by atoms with Gasteiger partial charge in [0, 0.05) is 21.5 Å². The van der Waals surface area contributed by atoms with Crippen molar-refractivity contribution in [3.8, 4) is 17.1 Å². The van der Waals surface area contributed by atoms with Gasteiger partial charge in [-0.1, -0.05) is 18.5 Å². The summed E-state index contributed by atoms with van der Waals surface area (Å²) in [6.07, 6.45) is -0.346. The van der Waals surface area contributed by atoms with Crippen LogP contribution in [0.15, 0.2) is 34.7 Å². The smallest absolute Gasteiger partial charge is 0.534 e. The fourth-order valence-electron chi connectivity index (χ4n) is 3.03. The SMILES string of the molecule is CCc1c(OS(=O)(=O)C(F)(F)F)c([N+](=O)[O-])cc2oc(-c3ccc(Cl)cc3)c(C(=O)[O-])c12. The second-order valence-electron chi connectivity index (χ2n) is 6.27. The lowest BCUT2D eigenvalue weighted by molar-refractivity contribution is -0.385. The van der Waals surface area contributed by atoms with Crippen LogP contribution in [0.3, 0.4) is 0 Å². The van der Waals surface area contributed by atoms with Gasteiger partial charge in [-0.15, -0.1) is 0 Å². The van der Waals surface area contributed by atoms with Crippen LogP contribution in [0.1, 0.15) is 22.8 Å². The van der Waals surface area contributed by atoms with E-state index in [9.17, 15) is 41.6 Å². The summed E-state index contributed by atoms with van der Waals surface area (Å²) in [6, 6.07) is 6.13. The van der Waals surface area contributed by atoms with Crippen LogP contribution < -0.4 is 9.29 Å². The molecule has 0 radical (unpaired) electrons. The van der Waals surface area contributed by atoms with E-state index >= 15 is 0 Å². The summed E-state index contributed by atoms with van der Waals surface area (Å²) in [6.45, 7) is 1.31. The van der Waals surface area contributed by atoms with E-state index in [-0.39, 0.29) is 17.7 Å². The first-order valence-electron chi connectivity index (χ1n) is 8.53. The highest BCUT2D eigenvalue weighted by Crippen LogP contribution is 2.45. The highest BCUT2D eigenvalue weighted by atomic mass is 35.5. The van der Waals surface area contributed by atoms with Crippen molar-refractivity contribution in [2.45, 2.75) is 18.9 Å². The monoisotopic (exact) mass is 492 g/mol. The standard InChI is InChI=1S/C18H11ClF3NO8S/c1-2-10-13-12(7-11(23(26)27)16(10)31-32(28,29)18(20,21)22)30-15(14(13)17(24)25)8-3-5-9(19)6-4-8/h3-7H,2H2,1H3,(H,24,25)/p-1. The van der Waals surface area contributed by atoms with Crippen molar-refractivity contribution in [3.05, 3.63) is 56.6 Å². The molecule has 0 saturated heterocycles. The zero-order chi connectivity index (χ0) is 24.0. The maximum absolute atomic E-state index is 12.9. The number of carboxylic acids is 1. The predicted molar refractivity (Wildman–Crippen MR) is 103 cm³/mol. The predicted octanol–water partition coefficient (Wildman–Crippen LogP) is 3.82. The lowest BCUT2D eigenvalue weighted by Gasteiger charge is -2.14. The van der Waals surface area contributed by atoms with Gasteiger partial charge in [0.25, 0.3) is 0 Å². The van der Waals surface area contributed by atoms with Crippen molar-refractivity contribution in [3.63, 3.8) is 0 Å². The Hall–Kier alpha value is -3.32. The summed E-state index contributed by atoms with van der Waals surface area (Å²) in [5.41, 5.74) is -8.42. The number of carboxylic acid groups (broad SMARTS) is 1. The molecule has 0 amide bonds. The normalized spacial score (nSPS) is 12.2. The summed E-state index contributed by atoms with van der Waals surface area (Å²) < 4.78 is 71.2. The number of fused-ring (bicyclic) bond motifs is 1. The molecule has 0 aliphatic rings. The van der Waals surface area contributed by atoms with Crippen molar-refractivity contribution in [2.24, 2.45) is 0 Å². The van der Waals surface area contributed by atoms with Gasteiger partial charge in [-0.3, -0.25) is 10.1 Å². The first kappa shape index (κ1) is 23.3. The number of benzene rings is 2. The third-order valence-electron chi connectivity index (χ3n) is 4.35. The van der Waals surface area contributed by atoms with Gasteiger partial charge in [0.15, 0.2) is 0 Å². The average Bonchev–Trinajstić information content (AvgIpc) is 3.06. The second-order valence-corrected chi connectivity index (χ2v) is 8.25. The van der Waals surface area contributed by atoms with Crippen LogP contribution in [0.25, 0.3) is 22.3 Å². The van der Waals surface area contributed by atoms with Gasteiger partial charge in [-0.05, 0) is 30.7 Å². The van der Waals surface area contributed by atoms with E-state index in [1.807, 2.05) is 0 Å². The number of nitrogens with zero attached hydrogens (tertiary/aromatic N) is 1. The summed E-state index contributed by atoms with van der Waals surface area (Å²) in [5, 5.41) is 23.3. The number of halogens is 4. The van der Waals surface area contributed by atoms with Crippen LogP contribution >= 0.6 is 11.6 Å². The summed E-state index contributed by atoms with van der Waals surface area (Å²) in [5.74, 6) is -3.41. The molecule has 14 heteroatoms. The number of aromatic carboxylic acids is 1. The maximum Gasteiger partial charge on any atom is 0.534 e. The molecule has 1 aromatic heterocycles. The molecule has 3 aromatic rings. The summed E-state index contributed by atoms with van der Waals surface area (Å²) in [4.78, 5) is 22.2. The van der Waals surface area contributed by atoms with Crippen LogP contribution in [-0.4, -0.2) is 24.8 Å². The van der Waals surface area contributed by atoms with Crippen molar-refractivity contribution in [1.29, 1.82) is 0 Å². The number of nitro benzene ring substituents is 1. The molecule has 0 atom stereocenters. The first-order valence-corrected chi connectivity index (χ1v) is 10.3. The van der Waals surface area contributed by atoms with Crippen molar-refractivity contribution >= 4 is 44.3 Å². The third kappa shape index (κ3) is 3.96. The first-order chi connectivity index (χ1) is 14.8. The van der Waals surface area contributed by atoms with E-state index in [0.717, 1.165) is 0 Å². The quantitative estimate of drug-likeness (QED) is 0.219. The zero-order valence-corrected chi connectivity index (χ0v) is 17.3. The number of aryl methyl sites for hydroxylation is 1. The number of hydrogen-bond donors (Lipinski definition) is 0. The van der Waals surface area contributed by atoms with Gasteiger partial charge in [0.2, 0.25) is 5.75 Å². The van der Waals surface area contributed by atoms with Crippen LogP contribution in [0.2, 0.25) is 5.02 Å². The molecule has 2 aromatic carbocycles. The Morgan fingerprint density at radius 1 is 1.25 bits per heavy atom. The van der Waals surface area contributed by atoms with Crippen molar-refractivity contribution in [2.75, 3.05) is 0 Å². The molecule has 0 fully saturated rings. The lowest BCUT2D eigenvalue weighted by atomic mass is 9.99. The molecular formula is C18H10ClF3NO8S-. The Bertz CT molecular complexity index is 1350. The Kier molecular flexibility index (Phi) is 5.82. The van der Waals surface area contributed by atoms with Crippen LogP contribution in [0.4, 0.5) is 18.9 Å². The Morgan fingerprint density at radius 3 is 2.31 bits per heavy atom. The van der Waals surface area contributed by atoms with Gasteiger partial charge in [-0.2, -0.15) is 21.6 Å². The molecule has 3 rings (SSSR count). The molecule has 0 aliphatic carbocycles. The van der Waals surface area contributed by atoms with E-state index < -0.39 is 60.1 Å².